The van der Waals surface area contributed by atoms with E-state index in [4.69, 9.17) is 0 Å². The molecule has 0 unspecified atom stereocenters. The summed E-state index contributed by atoms with van der Waals surface area (Å²) in [5.74, 6) is 1.04. The highest BCUT2D eigenvalue weighted by Crippen LogP contribution is 2.28. The predicted molar refractivity (Wildman–Crippen MR) is 87.0 cm³/mol. The molecule has 1 N–H and O–H groups in total. The molecule has 3 rings (SSSR count). The average molecular weight is 357 g/mol. The van der Waals surface area contributed by atoms with Crippen LogP contribution in [0.25, 0.3) is 0 Å². The van der Waals surface area contributed by atoms with Crippen LogP contribution in [-0.4, -0.2) is 25.6 Å². The Kier molecular flexibility index (Phi) is 4.48. The fourth-order valence-corrected chi connectivity index (χ4v) is 2.56. The van der Waals surface area contributed by atoms with Gasteiger partial charge in [0.25, 0.3) is 0 Å². The van der Waals surface area contributed by atoms with Crippen molar-refractivity contribution >= 4 is 35.6 Å². The summed E-state index contributed by atoms with van der Waals surface area (Å²) in [6, 6.07) is 9.27. The minimum absolute atomic E-state index is 0. The molecule has 0 atom stereocenters. The van der Waals surface area contributed by atoms with Crippen molar-refractivity contribution in [2.45, 2.75) is 31.7 Å². The van der Waals surface area contributed by atoms with Crippen LogP contribution in [0.15, 0.2) is 29.3 Å². The van der Waals surface area contributed by atoms with Crippen LogP contribution in [0.5, 0.6) is 0 Å². The van der Waals surface area contributed by atoms with Gasteiger partial charge >= 0.3 is 0 Å². The second kappa shape index (κ2) is 5.91. The smallest absolute Gasteiger partial charge is 0.198 e. The first-order valence-corrected chi connectivity index (χ1v) is 6.47. The van der Waals surface area contributed by atoms with Crippen LogP contribution < -0.4 is 10.2 Å². The Morgan fingerprint density at radius 2 is 2.11 bits per heavy atom. The number of nitrogens with zero attached hydrogens (tertiary/aromatic N) is 2. The third-order valence-corrected chi connectivity index (χ3v) is 3.79. The third kappa shape index (κ3) is 2.48. The fraction of sp³-hybridized carbons (Fsp3) is 0.500. The van der Waals surface area contributed by atoms with Crippen LogP contribution in [0.4, 0.5) is 5.69 Å². The molecule has 2 aliphatic rings. The van der Waals surface area contributed by atoms with Gasteiger partial charge in [0, 0.05) is 25.3 Å². The normalized spacial score (nSPS) is 18.9. The van der Waals surface area contributed by atoms with Gasteiger partial charge in [0.2, 0.25) is 0 Å². The lowest BCUT2D eigenvalue weighted by atomic mass is 9.93. The van der Waals surface area contributed by atoms with Crippen molar-refractivity contribution in [3.63, 3.8) is 0 Å². The number of fused-ring (bicyclic) bond motifs is 1. The average Bonchev–Trinajstić information content (AvgIpc) is 2.72. The van der Waals surface area contributed by atoms with Gasteiger partial charge in [-0.25, -0.2) is 0 Å². The molecule has 1 heterocycles. The number of anilines is 1. The number of para-hydroxylation sites is 1. The van der Waals surface area contributed by atoms with Crippen molar-refractivity contribution in [3.8, 4) is 0 Å². The van der Waals surface area contributed by atoms with E-state index in [-0.39, 0.29) is 24.0 Å². The topological polar surface area (TPSA) is 27.6 Å². The van der Waals surface area contributed by atoms with Gasteiger partial charge in [-0.2, -0.15) is 0 Å². The number of hydrogen-bond donors (Lipinski definition) is 1. The van der Waals surface area contributed by atoms with Crippen LogP contribution in [0.2, 0.25) is 0 Å². The van der Waals surface area contributed by atoms with Gasteiger partial charge in [0.15, 0.2) is 5.96 Å². The number of benzene rings is 1. The lowest BCUT2D eigenvalue weighted by Gasteiger charge is -2.31. The minimum Gasteiger partial charge on any atom is -0.353 e. The maximum absolute atomic E-state index is 4.42. The van der Waals surface area contributed by atoms with Crippen molar-refractivity contribution < 1.29 is 0 Å². The van der Waals surface area contributed by atoms with Gasteiger partial charge < -0.3 is 10.2 Å². The van der Waals surface area contributed by atoms with Gasteiger partial charge in [0.1, 0.15) is 0 Å². The maximum Gasteiger partial charge on any atom is 0.198 e. The highest BCUT2D eigenvalue weighted by molar-refractivity contribution is 14.0. The molecule has 0 bridgehead atoms. The summed E-state index contributed by atoms with van der Waals surface area (Å²) in [6.07, 6.45) is 5.05. The van der Waals surface area contributed by atoms with E-state index in [9.17, 15) is 0 Å². The molecule has 18 heavy (non-hydrogen) atoms. The molecule has 0 spiro atoms. The molecule has 0 aromatic heterocycles. The molecule has 0 amide bonds. The zero-order valence-electron chi connectivity index (χ0n) is 10.7. The van der Waals surface area contributed by atoms with Gasteiger partial charge in [-0.1, -0.05) is 18.2 Å². The number of rotatable bonds is 1. The summed E-state index contributed by atoms with van der Waals surface area (Å²) in [5.41, 5.74) is 2.75. The van der Waals surface area contributed by atoms with E-state index in [1.165, 1.54) is 30.5 Å². The van der Waals surface area contributed by atoms with Gasteiger partial charge in [0.05, 0.1) is 0 Å². The highest BCUT2D eigenvalue weighted by atomic mass is 127. The molecule has 1 aliphatic carbocycles. The Bertz CT molecular complexity index is 440. The van der Waals surface area contributed by atoms with E-state index >= 15 is 0 Å². The summed E-state index contributed by atoms with van der Waals surface area (Å²) in [7, 11) is 1.88. The lowest BCUT2D eigenvalue weighted by Crippen LogP contribution is -2.48. The molecule has 98 valence electrons. The fourth-order valence-electron chi connectivity index (χ4n) is 2.56. The first-order valence-electron chi connectivity index (χ1n) is 6.47. The second-order valence-electron chi connectivity index (χ2n) is 4.85. The van der Waals surface area contributed by atoms with Crippen LogP contribution in [0.1, 0.15) is 24.8 Å². The molecule has 0 radical (unpaired) electrons. The van der Waals surface area contributed by atoms with Crippen molar-refractivity contribution in [1.29, 1.82) is 0 Å². The maximum atomic E-state index is 4.42. The van der Waals surface area contributed by atoms with Crippen LogP contribution in [0.3, 0.4) is 0 Å². The number of guanidine groups is 1. The highest BCUT2D eigenvalue weighted by Gasteiger charge is 2.25. The van der Waals surface area contributed by atoms with E-state index < -0.39 is 0 Å². The first kappa shape index (κ1) is 13.6. The quantitative estimate of drug-likeness (QED) is 0.476. The van der Waals surface area contributed by atoms with E-state index in [1.54, 1.807) is 0 Å². The van der Waals surface area contributed by atoms with Crippen molar-refractivity contribution in [3.05, 3.63) is 29.8 Å². The third-order valence-electron chi connectivity index (χ3n) is 3.79. The van der Waals surface area contributed by atoms with E-state index in [2.05, 4.69) is 39.5 Å². The first-order chi connectivity index (χ1) is 8.38. The summed E-state index contributed by atoms with van der Waals surface area (Å²) < 4.78 is 0. The molecule has 1 aliphatic heterocycles. The van der Waals surface area contributed by atoms with Gasteiger partial charge in [-0.15, -0.1) is 24.0 Å². The zero-order chi connectivity index (χ0) is 11.7. The number of nitrogens with one attached hydrogen (secondary N) is 1. The minimum atomic E-state index is 0. The summed E-state index contributed by atoms with van der Waals surface area (Å²) >= 11 is 0. The Morgan fingerprint density at radius 1 is 1.33 bits per heavy atom. The van der Waals surface area contributed by atoms with E-state index in [0.717, 1.165) is 18.9 Å². The Hall–Kier alpha value is -0.780. The van der Waals surface area contributed by atoms with Crippen molar-refractivity contribution in [2.75, 3.05) is 18.5 Å². The monoisotopic (exact) mass is 357 g/mol. The molecular weight excluding hydrogens is 337 g/mol. The Balaban J connectivity index is 0.00000120. The van der Waals surface area contributed by atoms with E-state index in [0.29, 0.717) is 6.04 Å². The van der Waals surface area contributed by atoms with Crippen molar-refractivity contribution in [1.82, 2.24) is 5.32 Å². The molecule has 1 saturated carbocycles. The number of hydrogen-bond acceptors (Lipinski definition) is 1. The number of aliphatic imine (C=N–C) groups is 1. The van der Waals surface area contributed by atoms with E-state index in [1.807, 2.05) is 7.05 Å². The summed E-state index contributed by atoms with van der Waals surface area (Å²) in [6.45, 7) is 1.05. The SMILES string of the molecule is CN=C(NC1CCC1)N1CCc2ccccc21.I. The standard InChI is InChI=1S/C14H19N3.HI/c1-15-14(16-12-6-4-7-12)17-10-9-11-5-2-3-8-13(11)17;/h2-3,5,8,12H,4,6-7,9-10H2,1H3,(H,15,16);1H. The molecule has 1 aromatic rings. The van der Waals surface area contributed by atoms with Gasteiger partial charge in [-0.05, 0) is 37.3 Å². The largest absolute Gasteiger partial charge is 0.353 e. The molecule has 0 saturated heterocycles. The summed E-state index contributed by atoms with van der Waals surface area (Å²) in [4.78, 5) is 6.74. The Morgan fingerprint density at radius 3 is 2.78 bits per heavy atom. The molecule has 4 heteroatoms. The van der Waals surface area contributed by atoms with Crippen LogP contribution in [-0.2, 0) is 6.42 Å². The molecular formula is C14H20IN3. The molecule has 3 nitrogen and oxygen atoms in total. The summed E-state index contributed by atoms with van der Waals surface area (Å²) in [5, 5.41) is 3.56. The molecule has 1 aromatic carbocycles. The predicted octanol–water partition coefficient (Wildman–Crippen LogP) is 2.80. The zero-order valence-corrected chi connectivity index (χ0v) is 13.1. The van der Waals surface area contributed by atoms with Crippen molar-refractivity contribution in [2.24, 2.45) is 4.99 Å². The molecule has 1 fully saturated rings. The van der Waals surface area contributed by atoms with Crippen LogP contribution >= 0.6 is 24.0 Å². The second-order valence-corrected chi connectivity index (χ2v) is 4.85. The number of halogens is 1. The lowest BCUT2D eigenvalue weighted by molar-refractivity contribution is 0.381. The van der Waals surface area contributed by atoms with Crippen LogP contribution in [0, 0.1) is 0 Å². The Labute approximate surface area is 126 Å². The van der Waals surface area contributed by atoms with Gasteiger partial charge in [-0.3, -0.25) is 4.99 Å².